The topological polar surface area (TPSA) is 75.1 Å². The van der Waals surface area contributed by atoms with E-state index < -0.39 is 11.3 Å². The fourth-order valence-corrected chi connectivity index (χ4v) is 1.18. The number of aryl methyl sites for hydroxylation is 2. The maximum Gasteiger partial charge on any atom is 0.328 e. The Morgan fingerprint density at radius 2 is 2.07 bits per heavy atom. The molecule has 0 aliphatic heterocycles. The van der Waals surface area contributed by atoms with Crippen LogP contribution in [-0.4, -0.2) is 20.3 Å². The van der Waals surface area contributed by atoms with Gasteiger partial charge in [0.05, 0.1) is 5.60 Å². The first kappa shape index (κ1) is 11.7. The lowest BCUT2D eigenvalue weighted by atomic mass is 10.1. The van der Waals surface area contributed by atoms with Gasteiger partial charge in [-0.05, 0) is 27.2 Å². The molecule has 15 heavy (non-hydrogen) atoms. The Bertz CT molecular complexity index is 451. The monoisotopic (exact) mass is 212 g/mol. The van der Waals surface area contributed by atoms with Gasteiger partial charge in [0, 0.05) is 18.3 Å². The molecule has 0 fully saturated rings. The average molecular weight is 212 g/mol. The molecule has 84 valence electrons. The van der Waals surface area contributed by atoms with Crippen molar-refractivity contribution in [2.45, 2.75) is 39.3 Å². The molecule has 0 radical (unpaired) electrons. The van der Waals surface area contributed by atoms with Crippen LogP contribution in [0.4, 0.5) is 0 Å². The third-order valence-electron chi connectivity index (χ3n) is 2.15. The largest absolute Gasteiger partial charge is 0.390 e. The average Bonchev–Trinajstić information content (AvgIpc) is 2.07. The number of nitrogens with one attached hydrogen (secondary N) is 1. The zero-order chi connectivity index (χ0) is 11.6. The van der Waals surface area contributed by atoms with Crippen LogP contribution in [0.5, 0.6) is 0 Å². The highest BCUT2D eigenvalue weighted by Crippen LogP contribution is 2.07. The maximum absolute atomic E-state index is 11.3. The fraction of sp³-hybridized carbons (Fsp3) is 0.600. The zero-order valence-corrected chi connectivity index (χ0v) is 9.20. The molecule has 1 aromatic rings. The van der Waals surface area contributed by atoms with E-state index in [4.69, 9.17) is 0 Å². The van der Waals surface area contributed by atoms with Crippen molar-refractivity contribution >= 4 is 0 Å². The molecule has 1 heterocycles. The minimum atomic E-state index is -0.816. The second-order valence-corrected chi connectivity index (χ2v) is 4.33. The van der Waals surface area contributed by atoms with E-state index in [-0.39, 0.29) is 5.56 Å². The Kier molecular flexibility index (Phi) is 3.14. The van der Waals surface area contributed by atoms with Crippen LogP contribution in [0.15, 0.2) is 15.8 Å². The van der Waals surface area contributed by atoms with Crippen molar-refractivity contribution in [1.29, 1.82) is 0 Å². The molecule has 0 atom stereocenters. The van der Waals surface area contributed by atoms with Crippen molar-refractivity contribution in [2.75, 3.05) is 0 Å². The van der Waals surface area contributed by atoms with Crippen molar-refractivity contribution in [3.05, 3.63) is 32.6 Å². The summed E-state index contributed by atoms with van der Waals surface area (Å²) in [6.07, 6.45) is 1.96. The van der Waals surface area contributed by atoms with E-state index in [9.17, 15) is 14.7 Å². The molecule has 0 unspecified atom stereocenters. The van der Waals surface area contributed by atoms with E-state index in [2.05, 4.69) is 4.98 Å². The molecule has 0 aromatic carbocycles. The maximum atomic E-state index is 11.3. The number of rotatable bonds is 3. The van der Waals surface area contributed by atoms with Crippen LogP contribution < -0.4 is 11.2 Å². The summed E-state index contributed by atoms with van der Waals surface area (Å²) in [5.41, 5.74) is -1.12. The van der Waals surface area contributed by atoms with E-state index >= 15 is 0 Å². The third-order valence-corrected chi connectivity index (χ3v) is 2.15. The molecule has 0 saturated carbocycles. The predicted octanol–water partition coefficient (Wildman–Crippen LogP) is 0.00602. The van der Waals surface area contributed by atoms with E-state index in [1.54, 1.807) is 20.8 Å². The lowest BCUT2D eigenvalue weighted by molar-refractivity contribution is 0.0657. The van der Waals surface area contributed by atoms with Crippen molar-refractivity contribution in [3.8, 4) is 0 Å². The standard InChI is InChI=1S/C10H16N2O3/c1-7-6-12(5-4-10(2,3)15)9(14)11-8(7)13/h6,15H,4-5H2,1-3H3,(H,11,13,14). The lowest BCUT2D eigenvalue weighted by Crippen LogP contribution is -2.32. The highest BCUT2D eigenvalue weighted by atomic mass is 16.3. The lowest BCUT2D eigenvalue weighted by Gasteiger charge is -2.17. The van der Waals surface area contributed by atoms with Crippen LogP contribution >= 0.6 is 0 Å². The summed E-state index contributed by atoms with van der Waals surface area (Å²) in [5.74, 6) is 0. The van der Waals surface area contributed by atoms with E-state index in [0.29, 0.717) is 18.5 Å². The van der Waals surface area contributed by atoms with Gasteiger partial charge in [0.25, 0.3) is 5.56 Å². The van der Waals surface area contributed by atoms with Gasteiger partial charge in [-0.2, -0.15) is 0 Å². The van der Waals surface area contributed by atoms with Crippen LogP contribution in [0.25, 0.3) is 0 Å². The number of aromatic amines is 1. The van der Waals surface area contributed by atoms with Gasteiger partial charge < -0.3 is 9.67 Å². The molecule has 1 aromatic heterocycles. The van der Waals surface area contributed by atoms with Crippen molar-refractivity contribution < 1.29 is 5.11 Å². The summed E-state index contributed by atoms with van der Waals surface area (Å²) in [6.45, 7) is 5.38. The molecule has 5 heteroatoms. The van der Waals surface area contributed by atoms with Gasteiger partial charge in [-0.3, -0.25) is 9.78 Å². The van der Waals surface area contributed by atoms with Crippen molar-refractivity contribution in [2.24, 2.45) is 0 Å². The molecule has 0 spiro atoms. The summed E-state index contributed by atoms with van der Waals surface area (Å²) in [6, 6.07) is 0. The normalized spacial score (nSPS) is 11.7. The van der Waals surface area contributed by atoms with Crippen molar-refractivity contribution in [3.63, 3.8) is 0 Å². The summed E-state index contributed by atoms with van der Waals surface area (Å²) < 4.78 is 1.40. The molecular formula is C10H16N2O3. The predicted molar refractivity (Wildman–Crippen MR) is 57.0 cm³/mol. The Balaban J connectivity index is 2.92. The van der Waals surface area contributed by atoms with Gasteiger partial charge in [0.2, 0.25) is 0 Å². The van der Waals surface area contributed by atoms with Gasteiger partial charge in [0.15, 0.2) is 0 Å². The minimum Gasteiger partial charge on any atom is -0.390 e. The first-order chi connectivity index (χ1) is 6.79. The molecule has 0 bridgehead atoms. The molecule has 0 amide bonds. The van der Waals surface area contributed by atoms with Crippen LogP contribution in [0, 0.1) is 6.92 Å². The van der Waals surface area contributed by atoms with Gasteiger partial charge in [-0.25, -0.2) is 4.79 Å². The Morgan fingerprint density at radius 1 is 1.47 bits per heavy atom. The highest BCUT2D eigenvalue weighted by molar-refractivity contribution is 5.00. The third kappa shape index (κ3) is 3.36. The summed E-state index contributed by atoms with van der Waals surface area (Å²) in [4.78, 5) is 24.6. The molecule has 1 rings (SSSR count). The fourth-order valence-electron chi connectivity index (χ4n) is 1.18. The molecular weight excluding hydrogens is 196 g/mol. The van der Waals surface area contributed by atoms with Crippen LogP contribution in [0.3, 0.4) is 0 Å². The number of hydrogen-bond acceptors (Lipinski definition) is 3. The molecule has 0 saturated heterocycles. The summed E-state index contributed by atoms with van der Waals surface area (Å²) in [5, 5.41) is 9.51. The first-order valence-corrected chi connectivity index (χ1v) is 4.82. The second kappa shape index (κ2) is 4.02. The molecule has 0 aliphatic rings. The van der Waals surface area contributed by atoms with Gasteiger partial charge in [-0.1, -0.05) is 0 Å². The van der Waals surface area contributed by atoms with Gasteiger partial charge in [0.1, 0.15) is 0 Å². The van der Waals surface area contributed by atoms with E-state index in [1.165, 1.54) is 10.8 Å². The Hall–Kier alpha value is -1.36. The van der Waals surface area contributed by atoms with Gasteiger partial charge in [-0.15, -0.1) is 0 Å². The number of aromatic nitrogens is 2. The van der Waals surface area contributed by atoms with Crippen LogP contribution in [0.1, 0.15) is 25.8 Å². The Labute approximate surface area is 87.4 Å². The SMILES string of the molecule is Cc1cn(CCC(C)(C)O)c(=O)[nH]c1=O. The first-order valence-electron chi connectivity index (χ1n) is 4.82. The molecule has 5 nitrogen and oxygen atoms in total. The number of nitrogens with zero attached hydrogens (tertiary/aromatic N) is 1. The quantitative estimate of drug-likeness (QED) is 0.741. The Morgan fingerprint density at radius 3 is 2.60 bits per heavy atom. The van der Waals surface area contributed by atoms with E-state index in [1.807, 2.05) is 0 Å². The summed E-state index contributed by atoms with van der Waals surface area (Å²) in [7, 11) is 0. The zero-order valence-electron chi connectivity index (χ0n) is 9.20. The van der Waals surface area contributed by atoms with Crippen LogP contribution in [0.2, 0.25) is 0 Å². The van der Waals surface area contributed by atoms with E-state index in [0.717, 1.165) is 0 Å². The van der Waals surface area contributed by atoms with Gasteiger partial charge >= 0.3 is 5.69 Å². The molecule has 2 N–H and O–H groups in total. The number of hydrogen-bond donors (Lipinski definition) is 2. The smallest absolute Gasteiger partial charge is 0.328 e. The number of H-pyrrole nitrogens is 1. The highest BCUT2D eigenvalue weighted by Gasteiger charge is 2.12. The minimum absolute atomic E-state index is 0.362. The second-order valence-electron chi connectivity index (χ2n) is 4.33. The van der Waals surface area contributed by atoms with Crippen molar-refractivity contribution in [1.82, 2.24) is 9.55 Å². The summed E-state index contributed by atoms with van der Waals surface area (Å²) >= 11 is 0. The molecule has 0 aliphatic carbocycles. The number of aliphatic hydroxyl groups is 1. The van der Waals surface area contributed by atoms with Crippen LogP contribution in [-0.2, 0) is 6.54 Å².